The number of carbonyl (C=O) groups is 1. The highest BCUT2D eigenvalue weighted by Crippen LogP contribution is 2.37. The molecule has 30 heavy (non-hydrogen) atoms. The summed E-state index contributed by atoms with van der Waals surface area (Å²) in [6.07, 6.45) is 0. The third kappa shape index (κ3) is 3.53. The molecule has 1 aromatic heterocycles. The van der Waals surface area contributed by atoms with Gasteiger partial charge in [-0.15, -0.1) is 0 Å². The van der Waals surface area contributed by atoms with E-state index in [1.54, 1.807) is 24.3 Å². The lowest BCUT2D eigenvalue weighted by molar-refractivity contribution is -0.120. The second-order valence-electron chi connectivity index (χ2n) is 6.45. The van der Waals surface area contributed by atoms with Crippen LogP contribution in [0.15, 0.2) is 46.0 Å². The van der Waals surface area contributed by atoms with Crippen LogP contribution in [0.2, 0.25) is 5.02 Å². The van der Waals surface area contributed by atoms with Gasteiger partial charge >= 0.3 is 5.69 Å². The van der Waals surface area contributed by atoms with Crippen molar-refractivity contribution < 1.29 is 14.3 Å². The molecule has 0 bridgehead atoms. The molecule has 1 atom stereocenters. The van der Waals surface area contributed by atoms with Gasteiger partial charge in [0, 0.05) is 24.7 Å². The molecule has 2 aromatic carbocycles. The second-order valence-corrected chi connectivity index (χ2v) is 6.86. The van der Waals surface area contributed by atoms with Gasteiger partial charge in [-0.25, -0.2) is 4.79 Å². The van der Waals surface area contributed by atoms with Crippen LogP contribution in [0, 0.1) is 0 Å². The van der Waals surface area contributed by atoms with Gasteiger partial charge in [0.25, 0.3) is 5.56 Å². The number of nitrogens with two attached hydrogens (primary N) is 2. The molecule has 0 spiro atoms. The van der Waals surface area contributed by atoms with Crippen LogP contribution in [0.3, 0.4) is 0 Å². The van der Waals surface area contributed by atoms with Crippen molar-refractivity contribution in [2.24, 2.45) is 11.5 Å². The summed E-state index contributed by atoms with van der Waals surface area (Å²) in [7, 11) is 2.84. The largest absolute Gasteiger partial charge is 0.496 e. The maximum Gasteiger partial charge on any atom is 0.332 e. The molecule has 9 nitrogen and oxygen atoms in total. The number of rotatable bonds is 7. The van der Waals surface area contributed by atoms with Gasteiger partial charge in [0.2, 0.25) is 5.91 Å². The average Bonchev–Trinajstić information content (AvgIpc) is 2.73. The molecule has 158 valence electrons. The van der Waals surface area contributed by atoms with E-state index in [4.69, 9.17) is 32.5 Å². The molecule has 0 saturated heterocycles. The molecule has 0 fully saturated rings. The van der Waals surface area contributed by atoms with Gasteiger partial charge in [0.05, 0.1) is 30.1 Å². The van der Waals surface area contributed by atoms with Crippen molar-refractivity contribution in [2.75, 3.05) is 20.8 Å². The van der Waals surface area contributed by atoms with Crippen molar-refractivity contribution >= 4 is 28.4 Å². The summed E-state index contributed by atoms with van der Waals surface area (Å²) < 4.78 is 12.7. The normalized spacial score (nSPS) is 12.0. The fourth-order valence-corrected chi connectivity index (χ4v) is 3.67. The maximum atomic E-state index is 13.3. The van der Waals surface area contributed by atoms with Crippen molar-refractivity contribution in [1.82, 2.24) is 9.13 Å². The van der Waals surface area contributed by atoms with Gasteiger partial charge in [-0.05, 0) is 18.2 Å². The van der Waals surface area contributed by atoms with Crippen molar-refractivity contribution in [2.45, 2.75) is 12.6 Å². The molecule has 0 aliphatic carbocycles. The summed E-state index contributed by atoms with van der Waals surface area (Å²) in [5.41, 5.74) is 10.6. The molecule has 3 rings (SSSR count). The molecular formula is C20H21ClN4O5. The van der Waals surface area contributed by atoms with Gasteiger partial charge < -0.3 is 20.9 Å². The summed E-state index contributed by atoms with van der Waals surface area (Å²) in [6.45, 7) is 0.0426. The standard InChI is InChI=1S/C20H21ClN4O5/c1-29-15-10-16(30-2)13(21)9-12(15)17(18(23)26)25-14-6-4-3-5-11(14)19(27)24(8-7-22)20(25)28/h3-6,9-10,17H,7-8,22H2,1-2H3,(H2,23,26). The highest BCUT2D eigenvalue weighted by atomic mass is 35.5. The fraction of sp³-hybridized carbons (Fsp3) is 0.250. The summed E-state index contributed by atoms with van der Waals surface area (Å²) in [4.78, 5) is 38.7. The number of aromatic nitrogens is 2. The summed E-state index contributed by atoms with van der Waals surface area (Å²) in [5, 5.41) is 0.447. The van der Waals surface area contributed by atoms with Crippen LogP contribution >= 0.6 is 11.6 Å². The monoisotopic (exact) mass is 432 g/mol. The van der Waals surface area contributed by atoms with Crippen molar-refractivity contribution in [3.63, 3.8) is 0 Å². The first-order valence-electron chi connectivity index (χ1n) is 9.00. The van der Waals surface area contributed by atoms with E-state index in [9.17, 15) is 14.4 Å². The minimum absolute atomic E-state index is 0.0194. The van der Waals surface area contributed by atoms with Gasteiger partial charge in [0.1, 0.15) is 17.5 Å². The SMILES string of the molecule is COc1cc(OC)c(C(C(N)=O)n2c(=O)n(CCN)c(=O)c3ccccc32)cc1Cl. The Morgan fingerprint density at radius 1 is 1.13 bits per heavy atom. The van der Waals surface area contributed by atoms with Crippen molar-refractivity contribution in [3.8, 4) is 11.5 Å². The lowest BCUT2D eigenvalue weighted by Crippen LogP contribution is -2.45. The number of primary amides is 1. The highest BCUT2D eigenvalue weighted by Gasteiger charge is 2.29. The number of para-hydroxylation sites is 1. The molecule has 4 N–H and O–H groups in total. The van der Waals surface area contributed by atoms with Crippen LogP contribution in [0.5, 0.6) is 11.5 Å². The van der Waals surface area contributed by atoms with E-state index in [1.807, 2.05) is 0 Å². The smallest absolute Gasteiger partial charge is 0.332 e. The Morgan fingerprint density at radius 3 is 2.40 bits per heavy atom. The number of fused-ring (bicyclic) bond motifs is 1. The third-order valence-electron chi connectivity index (χ3n) is 4.76. The Kier molecular flexibility index (Phi) is 6.14. The fourth-order valence-electron chi connectivity index (χ4n) is 3.42. The third-order valence-corrected chi connectivity index (χ3v) is 5.05. The van der Waals surface area contributed by atoms with E-state index in [0.717, 1.165) is 9.13 Å². The van der Waals surface area contributed by atoms with Crippen LogP contribution in [0.4, 0.5) is 0 Å². The van der Waals surface area contributed by atoms with Crippen LogP contribution in [-0.2, 0) is 11.3 Å². The Labute approximate surface area is 176 Å². The lowest BCUT2D eigenvalue weighted by Gasteiger charge is -2.23. The van der Waals surface area contributed by atoms with E-state index < -0.39 is 23.2 Å². The van der Waals surface area contributed by atoms with E-state index in [2.05, 4.69) is 0 Å². The Morgan fingerprint density at radius 2 is 1.80 bits per heavy atom. The zero-order chi connectivity index (χ0) is 22.0. The second kappa shape index (κ2) is 8.60. The number of benzene rings is 2. The highest BCUT2D eigenvalue weighted by molar-refractivity contribution is 6.32. The number of ether oxygens (including phenoxy) is 2. The minimum atomic E-state index is -1.30. The molecule has 0 saturated carbocycles. The zero-order valence-electron chi connectivity index (χ0n) is 16.4. The predicted molar refractivity (Wildman–Crippen MR) is 113 cm³/mol. The van der Waals surface area contributed by atoms with Gasteiger partial charge in [-0.2, -0.15) is 0 Å². The van der Waals surface area contributed by atoms with Gasteiger partial charge in [-0.1, -0.05) is 23.7 Å². The number of nitrogens with zero attached hydrogens (tertiary/aromatic N) is 2. The molecule has 0 aliphatic rings. The van der Waals surface area contributed by atoms with Gasteiger partial charge in [0.15, 0.2) is 0 Å². The average molecular weight is 433 g/mol. The first-order valence-corrected chi connectivity index (χ1v) is 9.38. The Balaban J connectivity index is 2.45. The van der Waals surface area contributed by atoms with Crippen LogP contribution in [0.25, 0.3) is 10.9 Å². The Hall–Kier alpha value is -3.30. The summed E-state index contributed by atoms with van der Waals surface area (Å²) >= 11 is 6.27. The van der Waals surface area contributed by atoms with Crippen LogP contribution in [0.1, 0.15) is 11.6 Å². The van der Waals surface area contributed by atoms with Crippen LogP contribution in [-0.4, -0.2) is 35.8 Å². The summed E-state index contributed by atoms with van der Waals surface area (Å²) in [5.74, 6) is -0.266. The molecule has 0 radical (unpaired) electrons. The van der Waals surface area contributed by atoms with E-state index in [-0.39, 0.29) is 40.3 Å². The molecule has 3 aromatic rings. The molecule has 0 aliphatic heterocycles. The molecule has 1 amide bonds. The number of carbonyl (C=O) groups excluding carboxylic acids is 1. The molecule has 1 heterocycles. The first kappa shape index (κ1) is 21.4. The zero-order valence-corrected chi connectivity index (χ0v) is 17.2. The number of hydrogen-bond acceptors (Lipinski definition) is 6. The number of halogens is 1. The van der Waals surface area contributed by atoms with E-state index in [1.165, 1.54) is 26.4 Å². The number of amides is 1. The lowest BCUT2D eigenvalue weighted by atomic mass is 10.0. The molecule has 1 unspecified atom stereocenters. The topological polar surface area (TPSA) is 132 Å². The predicted octanol–water partition coefficient (Wildman–Crippen LogP) is 0.867. The molecular weight excluding hydrogens is 412 g/mol. The van der Waals surface area contributed by atoms with E-state index in [0.29, 0.717) is 5.75 Å². The first-order chi connectivity index (χ1) is 14.3. The number of hydrogen-bond donors (Lipinski definition) is 2. The van der Waals surface area contributed by atoms with Crippen LogP contribution < -0.4 is 32.2 Å². The molecule has 10 heteroatoms. The van der Waals surface area contributed by atoms with Gasteiger partial charge in [-0.3, -0.25) is 18.7 Å². The Bertz CT molecular complexity index is 1230. The quantitative estimate of drug-likeness (QED) is 0.569. The minimum Gasteiger partial charge on any atom is -0.496 e. The summed E-state index contributed by atoms with van der Waals surface area (Å²) in [6, 6.07) is 8.10. The maximum absolute atomic E-state index is 13.3. The number of methoxy groups -OCH3 is 2. The van der Waals surface area contributed by atoms with Crippen molar-refractivity contribution in [3.05, 3.63) is 67.8 Å². The van der Waals surface area contributed by atoms with E-state index >= 15 is 0 Å². The van der Waals surface area contributed by atoms with Crippen molar-refractivity contribution in [1.29, 1.82) is 0 Å².